The highest BCUT2D eigenvalue weighted by molar-refractivity contribution is 7.90. The first-order chi connectivity index (χ1) is 21.9. The van der Waals surface area contributed by atoms with Gasteiger partial charge in [0.25, 0.3) is 0 Å². The summed E-state index contributed by atoms with van der Waals surface area (Å²) >= 11 is 4.58. The number of fused-ring (bicyclic) bond motifs is 4. The monoisotopic (exact) mass is 661 g/mol. The van der Waals surface area contributed by atoms with Gasteiger partial charge in [-0.15, -0.1) is 4.72 Å². The van der Waals surface area contributed by atoms with Crippen LogP contribution >= 0.6 is 11.6 Å². The molecule has 3 aromatic carbocycles. The minimum Gasteiger partial charge on any atom is -0.598 e. The molecule has 1 saturated heterocycles. The van der Waals surface area contributed by atoms with Crippen LogP contribution in [0.5, 0.6) is 0 Å². The molecule has 0 spiro atoms. The first-order valence-corrected chi connectivity index (χ1v) is 16.9. The molecule has 240 valence electrons. The zero-order chi connectivity index (χ0) is 32.8. The van der Waals surface area contributed by atoms with Crippen LogP contribution in [-0.2, 0) is 21.7 Å². The molecule has 2 heterocycles. The summed E-state index contributed by atoms with van der Waals surface area (Å²) in [5.41, 5.74) is 2.57. The third-order valence-corrected chi connectivity index (χ3v) is 10.9. The number of aliphatic hydroxyl groups excluding tert-OH is 1. The number of halogens is 2. The van der Waals surface area contributed by atoms with Gasteiger partial charge >= 0.3 is 0 Å². The summed E-state index contributed by atoms with van der Waals surface area (Å²) in [6.45, 7) is 5.88. The third kappa shape index (κ3) is 6.48. The van der Waals surface area contributed by atoms with Crippen molar-refractivity contribution in [1.82, 2.24) is 9.62 Å². The van der Waals surface area contributed by atoms with E-state index in [9.17, 15) is 19.7 Å². The standard InChI is InChI=1S/C35H37ClFN5O3S/c1-34(2,3)46(45)41-35(23-6-4-5-21(15-23)19-38)14-13-22-16-28(22)32(39-26-10-8-25(36)9-11-26)42-20-27(43)18-31(42)33(44)40-30-17-24(35)7-12-29(30)37/h4-12,15,17,22,27,31,39,41,43H,13-14,16,18,20H2,1-3H3,(H,40,44)/b32-28-/t22?,27-,31+,35?,46+/m0/s1. The lowest BCUT2D eigenvalue weighted by Crippen LogP contribution is -2.52. The predicted molar refractivity (Wildman–Crippen MR) is 179 cm³/mol. The molecule has 2 bridgehead atoms. The number of hydrogen-bond donors (Lipinski definition) is 4. The van der Waals surface area contributed by atoms with E-state index in [0.29, 0.717) is 29.0 Å². The summed E-state index contributed by atoms with van der Waals surface area (Å²) < 4.78 is 32.1. The first kappa shape index (κ1) is 32.4. The average Bonchev–Trinajstić information content (AvgIpc) is 3.69. The van der Waals surface area contributed by atoms with Crippen molar-refractivity contribution in [2.75, 3.05) is 17.2 Å². The van der Waals surface area contributed by atoms with Gasteiger partial charge in [-0.25, -0.2) is 4.39 Å². The minimum atomic E-state index is -1.56. The summed E-state index contributed by atoms with van der Waals surface area (Å²) in [6, 6.07) is 20.5. The maximum atomic E-state index is 15.5. The van der Waals surface area contributed by atoms with Crippen molar-refractivity contribution in [2.24, 2.45) is 5.92 Å². The molecule has 11 heteroatoms. The van der Waals surface area contributed by atoms with E-state index in [1.54, 1.807) is 42.5 Å². The summed E-state index contributed by atoms with van der Waals surface area (Å²) in [6.07, 6.45) is 1.35. The van der Waals surface area contributed by atoms with E-state index in [0.717, 1.165) is 29.1 Å². The van der Waals surface area contributed by atoms with Crippen LogP contribution in [0.25, 0.3) is 0 Å². The lowest BCUT2D eigenvalue weighted by atomic mass is 9.78. The Hall–Kier alpha value is -3.59. The quantitative estimate of drug-likeness (QED) is 0.242. The third-order valence-electron chi connectivity index (χ3n) is 8.97. The fraction of sp³-hybridized carbons (Fsp3) is 0.371. The number of anilines is 2. The van der Waals surface area contributed by atoms with Gasteiger partial charge in [0, 0.05) is 35.0 Å². The molecule has 6 rings (SSSR count). The van der Waals surface area contributed by atoms with Crippen molar-refractivity contribution in [1.29, 1.82) is 5.26 Å². The normalized spacial score (nSPS) is 26.8. The molecule has 1 saturated carbocycles. The predicted octanol–water partition coefficient (Wildman–Crippen LogP) is 6.16. The zero-order valence-corrected chi connectivity index (χ0v) is 27.5. The number of carbonyl (C=O) groups is 1. The SMILES string of the molecule is CC(C)(C)[S@@+]([O-])NC1(c2cccc(C#N)c2)CCC2C/C2=C(\Nc2ccc(Cl)cc2)N2C[C@@H](O)C[C@@H]2C(=O)Nc2cc1ccc2F. The molecular formula is C35H37ClFN5O3S. The highest BCUT2D eigenvalue weighted by atomic mass is 35.5. The Morgan fingerprint density at radius 2 is 1.89 bits per heavy atom. The number of benzene rings is 3. The highest BCUT2D eigenvalue weighted by Crippen LogP contribution is 2.49. The van der Waals surface area contributed by atoms with Crippen LogP contribution in [-0.4, -0.2) is 43.9 Å². The minimum absolute atomic E-state index is 0.0164. The highest BCUT2D eigenvalue weighted by Gasteiger charge is 2.47. The maximum absolute atomic E-state index is 15.5. The van der Waals surface area contributed by atoms with Crippen LogP contribution < -0.4 is 15.4 Å². The zero-order valence-electron chi connectivity index (χ0n) is 25.9. The second-order valence-electron chi connectivity index (χ2n) is 13.3. The summed E-state index contributed by atoms with van der Waals surface area (Å²) in [4.78, 5) is 15.8. The lowest BCUT2D eigenvalue weighted by molar-refractivity contribution is -0.119. The molecule has 2 fully saturated rings. The molecule has 3 aromatic rings. The van der Waals surface area contributed by atoms with Gasteiger partial charge in [-0.2, -0.15) is 5.26 Å². The first-order valence-electron chi connectivity index (χ1n) is 15.4. The van der Waals surface area contributed by atoms with E-state index in [4.69, 9.17) is 11.6 Å². The van der Waals surface area contributed by atoms with Gasteiger partial charge in [-0.3, -0.25) is 4.79 Å². The summed E-state index contributed by atoms with van der Waals surface area (Å²) in [5, 5.41) is 27.4. The van der Waals surface area contributed by atoms with Crippen LogP contribution in [0.3, 0.4) is 0 Å². The van der Waals surface area contributed by atoms with E-state index < -0.39 is 45.5 Å². The molecule has 46 heavy (non-hydrogen) atoms. The molecule has 2 aliphatic heterocycles. The fourth-order valence-corrected chi connectivity index (χ4v) is 7.46. The number of allylic oxidation sites excluding steroid dienone is 1. The number of nitrogens with one attached hydrogen (secondary N) is 3. The van der Waals surface area contributed by atoms with Crippen molar-refractivity contribution < 1.29 is 18.8 Å². The number of amides is 1. The summed E-state index contributed by atoms with van der Waals surface area (Å²) in [7, 11) is 0. The van der Waals surface area contributed by atoms with Crippen LogP contribution in [0.15, 0.2) is 78.1 Å². The molecule has 2 unspecified atom stereocenters. The fourth-order valence-electron chi connectivity index (χ4n) is 6.37. The lowest BCUT2D eigenvalue weighted by Gasteiger charge is -2.39. The smallest absolute Gasteiger partial charge is 0.247 e. The number of aliphatic hydroxyl groups is 1. The molecule has 1 aliphatic carbocycles. The Labute approximate surface area is 276 Å². The van der Waals surface area contributed by atoms with E-state index in [1.807, 2.05) is 43.9 Å². The molecule has 5 atom stereocenters. The largest absolute Gasteiger partial charge is 0.598 e. The number of carbonyl (C=O) groups excluding carboxylic acids is 1. The maximum Gasteiger partial charge on any atom is 0.247 e. The van der Waals surface area contributed by atoms with Crippen molar-refractivity contribution in [3.8, 4) is 6.07 Å². The van der Waals surface area contributed by atoms with Crippen molar-refractivity contribution in [3.63, 3.8) is 0 Å². The van der Waals surface area contributed by atoms with Gasteiger partial charge in [-0.1, -0.05) is 29.8 Å². The Bertz CT molecular complexity index is 1720. The van der Waals surface area contributed by atoms with Gasteiger partial charge < -0.3 is 25.2 Å². The number of nitrogens with zero attached hydrogens (tertiary/aromatic N) is 2. The van der Waals surface area contributed by atoms with Crippen LogP contribution in [0.2, 0.25) is 5.02 Å². The molecule has 0 radical (unpaired) electrons. The van der Waals surface area contributed by atoms with Crippen LogP contribution in [0.1, 0.15) is 63.1 Å². The van der Waals surface area contributed by atoms with Gasteiger partial charge in [0.15, 0.2) is 0 Å². The number of nitriles is 1. The van der Waals surface area contributed by atoms with E-state index >= 15 is 4.39 Å². The number of hydrogen-bond acceptors (Lipinski definition) is 7. The van der Waals surface area contributed by atoms with Crippen molar-refractivity contribution in [2.45, 2.75) is 68.9 Å². The molecule has 1 amide bonds. The second-order valence-corrected chi connectivity index (χ2v) is 15.7. The van der Waals surface area contributed by atoms with Gasteiger partial charge in [-0.05, 0) is 111 Å². The van der Waals surface area contributed by atoms with E-state index in [1.165, 1.54) is 6.07 Å². The van der Waals surface area contributed by atoms with Crippen molar-refractivity contribution >= 4 is 40.2 Å². The molecule has 4 N–H and O–H groups in total. The van der Waals surface area contributed by atoms with E-state index in [-0.39, 0.29) is 24.6 Å². The van der Waals surface area contributed by atoms with Gasteiger partial charge in [0.05, 0.1) is 23.4 Å². The Morgan fingerprint density at radius 1 is 1.15 bits per heavy atom. The Balaban J connectivity index is 1.51. The topological polar surface area (TPSA) is 123 Å². The van der Waals surface area contributed by atoms with Crippen molar-refractivity contribution in [3.05, 3.63) is 106 Å². The van der Waals surface area contributed by atoms with Crippen LogP contribution in [0.4, 0.5) is 15.8 Å². The van der Waals surface area contributed by atoms with E-state index in [2.05, 4.69) is 21.4 Å². The number of rotatable bonds is 5. The Kier molecular flexibility index (Phi) is 8.83. The van der Waals surface area contributed by atoms with Gasteiger partial charge in [0.2, 0.25) is 5.91 Å². The average molecular weight is 662 g/mol. The summed E-state index contributed by atoms with van der Waals surface area (Å²) in [5.74, 6) is -0.183. The molecule has 3 aliphatic rings. The molecule has 8 nitrogen and oxygen atoms in total. The van der Waals surface area contributed by atoms with Crippen LogP contribution in [0, 0.1) is 23.1 Å². The Morgan fingerprint density at radius 3 is 2.61 bits per heavy atom. The molecule has 0 aromatic heterocycles. The second kappa shape index (κ2) is 12.5. The van der Waals surface area contributed by atoms with Gasteiger partial charge in [0.1, 0.15) is 28.0 Å². The molecular weight excluding hydrogens is 625 g/mol.